The van der Waals surface area contributed by atoms with Crippen LogP contribution in [-0.2, 0) is 12.8 Å². The number of aryl methyl sites for hydroxylation is 3. The lowest BCUT2D eigenvalue weighted by molar-refractivity contribution is 0.696. The monoisotopic (exact) mass is 305 g/mol. The first-order chi connectivity index (χ1) is 9.65. The van der Waals surface area contributed by atoms with Crippen LogP contribution >= 0.6 is 22.9 Å². The summed E-state index contributed by atoms with van der Waals surface area (Å²) in [6, 6.07) is 8.74. The molecule has 1 heterocycles. The standard InChI is InChI=1S/C17H20ClNS/c1-11-6-5-8-14(18)17(11)19-12(2)16-10-13-7-3-4-9-15(13)20-16/h5-6,8,10,12,19H,3-4,7,9H2,1-2H3. The number of nitrogens with one attached hydrogen (secondary N) is 1. The first kappa shape index (κ1) is 14.0. The largest absolute Gasteiger partial charge is 0.376 e. The number of anilines is 1. The van der Waals surface area contributed by atoms with Gasteiger partial charge in [0, 0.05) is 9.75 Å². The highest BCUT2D eigenvalue weighted by Crippen LogP contribution is 2.35. The maximum Gasteiger partial charge on any atom is 0.0640 e. The Bertz CT molecular complexity index is 574. The van der Waals surface area contributed by atoms with Gasteiger partial charge in [-0.05, 0) is 62.8 Å². The van der Waals surface area contributed by atoms with Crippen molar-refractivity contribution >= 4 is 28.6 Å². The second-order valence-corrected chi connectivity index (χ2v) is 7.18. The molecule has 2 aromatic rings. The number of fused-ring (bicyclic) bond motifs is 1. The number of hydrogen-bond acceptors (Lipinski definition) is 2. The molecule has 1 unspecified atom stereocenters. The third-order valence-electron chi connectivity index (χ3n) is 4.03. The van der Waals surface area contributed by atoms with E-state index in [1.54, 1.807) is 10.4 Å². The number of rotatable bonds is 3. The van der Waals surface area contributed by atoms with Crippen molar-refractivity contribution in [3.8, 4) is 0 Å². The van der Waals surface area contributed by atoms with Gasteiger partial charge in [-0.3, -0.25) is 0 Å². The molecule has 1 aliphatic rings. The average molecular weight is 306 g/mol. The summed E-state index contributed by atoms with van der Waals surface area (Å²) in [5.41, 5.74) is 3.83. The molecular formula is C17H20ClNS. The molecule has 0 saturated carbocycles. The van der Waals surface area contributed by atoms with E-state index >= 15 is 0 Å². The molecule has 1 N–H and O–H groups in total. The minimum atomic E-state index is 0.309. The molecule has 1 aromatic carbocycles. The van der Waals surface area contributed by atoms with E-state index in [0.29, 0.717) is 6.04 Å². The Morgan fingerprint density at radius 2 is 2.05 bits per heavy atom. The molecule has 20 heavy (non-hydrogen) atoms. The van der Waals surface area contributed by atoms with Crippen LogP contribution in [0.15, 0.2) is 24.3 Å². The van der Waals surface area contributed by atoms with Crippen molar-refractivity contribution in [3.63, 3.8) is 0 Å². The highest BCUT2D eigenvalue weighted by Gasteiger charge is 2.17. The predicted octanol–water partition coefficient (Wildman–Crippen LogP) is 5.76. The lowest BCUT2D eigenvalue weighted by atomic mass is 9.99. The molecule has 1 atom stereocenters. The van der Waals surface area contributed by atoms with Gasteiger partial charge in [0.2, 0.25) is 0 Å². The van der Waals surface area contributed by atoms with E-state index in [0.717, 1.165) is 10.7 Å². The lowest BCUT2D eigenvalue weighted by Gasteiger charge is -2.17. The summed E-state index contributed by atoms with van der Waals surface area (Å²) in [4.78, 5) is 3.02. The van der Waals surface area contributed by atoms with Crippen molar-refractivity contribution in [2.45, 2.75) is 45.6 Å². The quantitative estimate of drug-likeness (QED) is 0.760. The van der Waals surface area contributed by atoms with Crippen LogP contribution in [-0.4, -0.2) is 0 Å². The molecule has 106 valence electrons. The van der Waals surface area contributed by atoms with Gasteiger partial charge in [0.1, 0.15) is 0 Å². The van der Waals surface area contributed by atoms with E-state index in [1.165, 1.54) is 36.1 Å². The van der Waals surface area contributed by atoms with E-state index in [4.69, 9.17) is 11.6 Å². The topological polar surface area (TPSA) is 12.0 Å². The van der Waals surface area contributed by atoms with Crippen molar-refractivity contribution in [2.75, 3.05) is 5.32 Å². The second kappa shape index (κ2) is 5.79. The van der Waals surface area contributed by atoms with Crippen LogP contribution in [0.3, 0.4) is 0 Å². The maximum absolute atomic E-state index is 6.30. The van der Waals surface area contributed by atoms with Gasteiger partial charge in [0.15, 0.2) is 0 Å². The van der Waals surface area contributed by atoms with Gasteiger partial charge >= 0.3 is 0 Å². The lowest BCUT2D eigenvalue weighted by Crippen LogP contribution is -2.06. The van der Waals surface area contributed by atoms with Gasteiger partial charge in [0.25, 0.3) is 0 Å². The zero-order chi connectivity index (χ0) is 14.1. The number of para-hydroxylation sites is 1. The Hall–Kier alpha value is -0.990. The summed E-state index contributed by atoms with van der Waals surface area (Å²) >= 11 is 8.27. The van der Waals surface area contributed by atoms with Gasteiger partial charge < -0.3 is 5.32 Å². The SMILES string of the molecule is Cc1cccc(Cl)c1NC(C)c1cc2c(s1)CCCC2. The van der Waals surface area contributed by atoms with Gasteiger partial charge in [0.05, 0.1) is 16.8 Å². The zero-order valence-corrected chi connectivity index (χ0v) is 13.6. The third-order valence-corrected chi connectivity index (χ3v) is 5.76. The van der Waals surface area contributed by atoms with Gasteiger partial charge in [-0.25, -0.2) is 0 Å². The first-order valence-electron chi connectivity index (χ1n) is 7.28. The average Bonchev–Trinajstić information content (AvgIpc) is 2.87. The van der Waals surface area contributed by atoms with Crippen LogP contribution in [0, 0.1) is 6.92 Å². The van der Waals surface area contributed by atoms with Crippen LogP contribution in [0.1, 0.15) is 46.7 Å². The van der Waals surface area contributed by atoms with Gasteiger partial charge in [-0.1, -0.05) is 23.7 Å². The Morgan fingerprint density at radius 1 is 1.25 bits per heavy atom. The molecule has 3 rings (SSSR count). The van der Waals surface area contributed by atoms with Gasteiger partial charge in [-0.2, -0.15) is 0 Å². The fourth-order valence-electron chi connectivity index (χ4n) is 2.83. The molecule has 1 nitrogen and oxygen atoms in total. The molecular weight excluding hydrogens is 286 g/mol. The van der Waals surface area contributed by atoms with Crippen LogP contribution in [0.4, 0.5) is 5.69 Å². The predicted molar refractivity (Wildman–Crippen MR) is 89.2 cm³/mol. The highest BCUT2D eigenvalue weighted by molar-refractivity contribution is 7.12. The Kier molecular flexibility index (Phi) is 4.04. The van der Waals surface area contributed by atoms with E-state index in [1.807, 2.05) is 23.5 Å². The summed E-state index contributed by atoms with van der Waals surface area (Å²) in [6.45, 7) is 4.32. The summed E-state index contributed by atoms with van der Waals surface area (Å²) < 4.78 is 0. The fourth-order valence-corrected chi connectivity index (χ4v) is 4.37. The molecule has 1 aromatic heterocycles. The number of thiophene rings is 1. The zero-order valence-electron chi connectivity index (χ0n) is 12.0. The second-order valence-electron chi connectivity index (χ2n) is 5.60. The smallest absolute Gasteiger partial charge is 0.0640 e. The van der Waals surface area contributed by atoms with Crippen molar-refractivity contribution < 1.29 is 0 Å². The summed E-state index contributed by atoms with van der Waals surface area (Å²) in [7, 11) is 0. The van der Waals surface area contributed by atoms with Gasteiger partial charge in [-0.15, -0.1) is 11.3 Å². The molecule has 0 fully saturated rings. The summed E-state index contributed by atoms with van der Waals surface area (Å²) in [5.74, 6) is 0. The first-order valence-corrected chi connectivity index (χ1v) is 8.47. The Balaban J connectivity index is 1.82. The van der Waals surface area contributed by atoms with Crippen molar-refractivity contribution in [2.24, 2.45) is 0 Å². The molecule has 1 aliphatic carbocycles. The maximum atomic E-state index is 6.30. The van der Waals surface area contributed by atoms with Crippen molar-refractivity contribution in [1.82, 2.24) is 0 Å². The Labute approximate surface area is 130 Å². The summed E-state index contributed by atoms with van der Waals surface area (Å²) in [6.07, 6.45) is 5.20. The van der Waals surface area contributed by atoms with E-state index in [9.17, 15) is 0 Å². The minimum absolute atomic E-state index is 0.309. The molecule has 0 spiro atoms. The van der Waals surface area contributed by atoms with Crippen LogP contribution in [0.2, 0.25) is 5.02 Å². The molecule has 0 saturated heterocycles. The Morgan fingerprint density at radius 3 is 2.80 bits per heavy atom. The summed E-state index contributed by atoms with van der Waals surface area (Å²) in [5, 5.41) is 4.39. The molecule has 0 radical (unpaired) electrons. The van der Waals surface area contributed by atoms with Crippen LogP contribution in [0.25, 0.3) is 0 Å². The molecule has 0 amide bonds. The molecule has 3 heteroatoms. The highest BCUT2D eigenvalue weighted by atomic mass is 35.5. The van der Waals surface area contributed by atoms with Crippen LogP contribution in [0.5, 0.6) is 0 Å². The van der Waals surface area contributed by atoms with Crippen LogP contribution < -0.4 is 5.32 Å². The number of hydrogen-bond donors (Lipinski definition) is 1. The van der Waals surface area contributed by atoms with E-state index in [-0.39, 0.29) is 0 Å². The molecule has 0 bridgehead atoms. The van der Waals surface area contributed by atoms with E-state index in [2.05, 4.69) is 31.3 Å². The normalized spacial score (nSPS) is 15.8. The molecule has 0 aliphatic heterocycles. The number of halogens is 1. The fraction of sp³-hybridized carbons (Fsp3) is 0.412. The minimum Gasteiger partial charge on any atom is -0.376 e. The number of benzene rings is 1. The third kappa shape index (κ3) is 2.72. The van der Waals surface area contributed by atoms with Crippen molar-refractivity contribution in [3.05, 3.63) is 50.2 Å². The van der Waals surface area contributed by atoms with Crippen molar-refractivity contribution in [1.29, 1.82) is 0 Å². The van der Waals surface area contributed by atoms with E-state index < -0.39 is 0 Å².